The molecule has 30 heavy (non-hydrogen) atoms. The molecular weight excluding hydrogens is 426 g/mol. The maximum Gasteiger partial charge on any atom is 0.289 e. The van der Waals surface area contributed by atoms with Gasteiger partial charge < -0.3 is 14.6 Å². The molecule has 3 aromatic rings. The largest absolute Gasteiger partial charge is 0.459 e. The molecule has 0 unspecified atom stereocenters. The van der Waals surface area contributed by atoms with Crippen LogP contribution in [0.5, 0.6) is 0 Å². The molecule has 1 fully saturated rings. The number of nitrogens with zero attached hydrogens (tertiary/aromatic N) is 4. The summed E-state index contributed by atoms with van der Waals surface area (Å²) in [6.45, 7) is 1.17. The Morgan fingerprint density at radius 3 is 2.80 bits per heavy atom. The number of aromatic nitrogens is 3. The average Bonchev–Trinajstić information content (AvgIpc) is 3.44. The van der Waals surface area contributed by atoms with Crippen molar-refractivity contribution in [3.05, 3.63) is 59.8 Å². The van der Waals surface area contributed by atoms with Crippen molar-refractivity contribution < 1.29 is 14.0 Å². The van der Waals surface area contributed by atoms with E-state index in [1.54, 1.807) is 34.0 Å². The second kappa shape index (κ2) is 9.36. The third-order valence-electron chi connectivity index (χ3n) is 4.81. The van der Waals surface area contributed by atoms with Crippen LogP contribution in [0.3, 0.4) is 0 Å². The van der Waals surface area contributed by atoms with Crippen molar-refractivity contribution in [3.63, 3.8) is 0 Å². The number of nitrogens with one attached hydrogen (secondary N) is 1. The minimum Gasteiger partial charge on any atom is -0.459 e. The Morgan fingerprint density at radius 2 is 2.07 bits per heavy atom. The van der Waals surface area contributed by atoms with E-state index in [0.717, 1.165) is 5.69 Å². The number of hydrogen-bond donors (Lipinski definition) is 1. The van der Waals surface area contributed by atoms with E-state index in [4.69, 9.17) is 16.0 Å². The molecule has 1 aromatic carbocycles. The molecule has 10 heteroatoms. The normalized spacial score (nSPS) is 14.6. The number of rotatable bonds is 6. The smallest absolute Gasteiger partial charge is 0.289 e. The van der Waals surface area contributed by atoms with Gasteiger partial charge >= 0.3 is 0 Å². The van der Waals surface area contributed by atoms with Crippen LogP contribution in [-0.2, 0) is 4.79 Å². The van der Waals surface area contributed by atoms with Gasteiger partial charge in [-0.15, -0.1) is 10.2 Å². The molecule has 156 valence electrons. The molecule has 0 spiro atoms. The van der Waals surface area contributed by atoms with Crippen molar-refractivity contribution in [2.45, 2.75) is 24.0 Å². The quantitative estimate of drug-likeness (QED) is 0.586. The first kappa shape index (κ1) is 20.5. The van der Waals surface area contributed by atoms with Gasteiger partial charge in [0.05, 0.1) is 17.7 Å². The van der Waals surface area contributed by atoms with Crippen molar-refractivity contribution in [3.8, 4) is 5.69 Å². The number of piperidine rings is 1. The summed E-state index contributed by atoms with van der Waals surface area (Å²) in [5.74, 6) is 0.389. The second-order valence-electron chi connectivity index (χ2n) is 6.86. The predicted molar refractivity (Wildman–Crippen MR) is 113 cm³/mol. The summed E-state index contributed by atoms with van der Waals surface area (Å²) in [6, 6.07) is 10.8. The lowest BCUT2D eigenvalue weighted by Gasteiger charge is -2.31. The van der Waals surface area contributed by atoms with Gasteiger partial charge in [-0.3, -0.25) is 14.2 Å². The lowest BCUT2D eigenvalue weighted by Crippen LogP contribution is -2.46. The van der Waals surface area contributed by atoms with Crippen LogP contribution < -0.4 is 5.32 Å². The van der Waals surface area contributed by atoms with Gasteiger partial charge in [0, 0.05) is 24.2 Å². The number of halogens is 1. The Morgan fingerprint density at radius 1 is 1.23 bits per heavy atom. The number of carbonyl (C=O) groups excluding carboxylic acids is 2. The van der Waals surface area contributed by atoms with Gasteiger partial charge in [0.1, 0.15) is 6.33 Å². The molecule has 8 nitrogen and oxygen atoms in total. The van der Waals surface area contributed by atoms with Gasteiger partial charge in [0.2, 0.25) is 5.91 Å². The molecule has 2 amide bonds. The van der Waals surface area contributed by atoms with Gasteiger partial charge in [-0.05, 0) is 43.2 Å². The average molecular weight is 446 g/mol. The van der Waals surface area contributed by atoms with Crippen LogP contribution in [0.4, 0.5) is 0 Å². The fourth-order valence-corrected chi connectivity index (χ4v) is 4.23. The molecule has 0 bridgehead atoms. The number of furan rings is 1. The van der Waals surface area contributed by atoms with Crippen LogP contribution in [0.15, 0.2) is 58.6 Å². The first-order valence-electron chi connectivity index (χ1n) is 9.51. The van der Waals surface area contributed by atoms with Crippen molar-refractivity contribution in [2.75, 3.05) is 18.8 Å². The van der Waals surface area contributed by atoms with Crippen LogP contribution >= 0.6 is 23.4 Å². The molecule has 0 saturated carbocycles. The van der Waals surface area contributed by atoms with Crippen LogP contribution in [0.25, 0.3) is 5.69 Å². The van der Waals surface area contributed by atoms with E-state index in [1.165, 1.54) is 18.0 Å². The van der Waals surface area contributed by atoms with Crippen LogP contribution in [0.1, 0.15) is 23.4 Å². The fourth-order valence-electron chi connectivity index (χ4n) is 3.31. The SMILES string of the molecule is O=C(CSc1nncn1-c1cccc(Cl)c1)NC1CCN(C(=O)c2ccco2)CC1. The summed E-state index contributed by atoms with van der Waals surface area (Å²) in [6.07, 6.45) is 4.51. The van der Waals surface area contributed by atoms with Crippen LogP contribution in [-0.4, -0.2) is 56.4 Å². The van der Waals surface area contributed by atoms with E-state index in [1.807, 2.05) is 18.2 Å². The highest BCUT2D eigenvalue weighted by Gasteiger charge is 2.26. The highest BCUT2D eigenvalue weighted by atomic mass is 35.5. The summed E-state index contributed by atoms with van der Waals surface area (Å²) in [5, 5.41) is 12.3. The third-order valence-corrected chi connectivity index (χ3v) is 5.99. The molecule has 1 aliphatic rings. The Balaban J connectivity index is 1.26. The third kappa shape index (κ3) is 4.85. The van der Waals surface area contributed by atoms with E-state index >= 15 is 0 Å². The molecule has 4 rings (SSSR count). The standard InChI is InChI=1S/C20H20ClN5O3S/c21-14-3-1-4-16(11-14)26-13-22-24-20(26)30-12-18(27)23-15-6-8-25(9-7-15)19(28)17-5-2-10-29-17/h1-5,10-11,13,15H,6-9,12H2,(H,23,27). The molecule has 1 N–H and O–H groups in total. The number of carbonyl (C=O) groups is 2. The molecule has 0 radical (unpaired) electrons. The van der Waals surface area contributed by atoms with E-state index in [-0.39, 0.29) is 23.6 Å². The zero-order chi connectivity index (χ0) is 20.9. The number of thioether (sulfide) groups is 1. The Labute approximate surface area is 182 Å². The van der Waals surface area contributed by atoms with Gasteiger partial charge in [-0.2, -0.15) is 0 Å². The summed E-state index contributed by atoms with van der Waals surface area (Å²) in [5.41, 5.74) is 0.837. The predicted octanol–water partition coefficient (Wildman–Crippen LogP) is 3.03. The summed E-state index contributed by atoms with van der Waals surface area (Å²) >= 11 is 7.37. The number of amides is 2. The Kier molecular flexibility index (Phi) is 6.39. The van der Waals surface area contributed by atoms with E-state index in [9.17, 15) is 9.59 Å². The van der Waals surface area contributed by atoms with Gasteiger partial charge in [-0.25, -0.2) is 0 Å². The van der Waals surface area contributed by atoms with Crippen molar-refractivity contribution in [1.29, 1.82) is 0 Å². The first-order chi connectivity index (χ1) is 14.6. The van der Waals surface area contributed by atoms with E-state index in [2.05, 4.69) is 15.5 Å². The molecule has 1 aliphatic heterocycles. The van der Waals surface area contributed by atoms with Gasteiger partial charge in [0.15, 0.2) is 10.9 Å². The fraction of sp³-hybridized carbons (Fsp3) is 0.300. The highest BCUT2D eigenvalue weighted by Crippen LogP contribution is 2.22. The second-order valence-corrected chi connectivity index (χ2v) is 8.24. The molecule has 2 aromatic heterocycles. The maximum atomic E-state index is 12.4. The van der Waals surface area contributed by atoms with E-state index < -0.39 is 0 Å². The molecule has 0 atom stereocenters. The van der Waals surface area contributed by atoms with E-state index in [0.29, 0.717) is 41.9 Å². The van der Waals surface area contributed by atoms with Gasteiger partial charge in [-0.1, -0.05) is 29.4 Å². The molecule has 1 saturated heterocycles. The lowest BCUT2D eigenvalue weighted by molar-refractivity contribution is -0.119. The lowest BCUT2D eigenvalue weighted by atomic mass is 10.0. The number of likely N-dealkylation sites (tertiary alicyclic amines) is 1. The van der Waals surface area contributed by atoms with Crippen LogP contribution in [0.2, 0.25) is 5.02 Å². The highest BCUT2D eigenvalue weighted by molar-refractivity contribution is 7.99. The van der Waals surface area contributed by atoms with Gasteiger partial charge in [0.25, 0.3) is 5.91 Å². The summed E-state index contributed by atoms with van der Waals surface area (Å²) < 4.78 is 6.97. The zero-order valence-corrected chi connectivity index (χ0v) is 17.6. The van der Waals surface area contributed by atoms with Crippen molar-refractivity contribution in [1.82, 2.24) is 25.0 Å². The van der Waals surface area contributed by atoms with Crippen LogP contribution in [0, 0.1) is 0 Å². The van der Waals surface area contributed by atoms with Crippen molar-refractivity contribution in [2.24, 2.45) is 0 Å². The minimum absolute atomic E-state index is 0.0459. The topological polar surface area (TPSA) is 93.3 Å². The zero-order valence-electron chi connectivity index (χ0n) is 16.0. The Hall–Kier alpha value is -2.78. The number of benzene rings is 1. The number of hydrogen-bond acceptors (Lipinski definition) is 6. The summed E-state index contributed by atoms with van der Waals surface area (Å²) in [7, 11) is 0. The molecule has 3 heterocycles. The molecule has 0 aliphatic carbocycles. The summed E-state index contributed by atoms with van der Waals surface area (Å²) in [4.78, 5) is 26.5. The van der Waals surface area contributed by atoms with Crippen molar-refractivity contribution >= 4 is 35.2 Å². The Bertz CT molecular complexity index is 1020. The monoisotopic (exact) mass is 445 g/mol. The minimum atomic E-state index is -0.110. The maximum absolute atomic E-state index is 12.4. The first-order valence-corrected chi connectivity index (χ1v) is 10.9. The molecular formula is C20H20ClN5O3S.